The molecule has 0 saturated heterocycles. The van der Waals surface area contributed by atoms with Gasteiger partial charge in [-0.25, -0.2) is 0 Å². The van der Waals surface area contributed by atoms with Crippen LogP contribution in [0.5, 0.6) is 0 Å². The van der Waals surface area contributed by atoms with Gasteiger partial charge in [0, 0.05) is 22.7 Å². The Kier molecular flexibility index (Phi) is 6.27. The van der Waals surface area contributed by atoms with E-state index in [-0.39, 0.29) is 34.8 Å². The first-order valence-electron chi connectivity index (χ1n) is 10.2. The topological polar surface area (TPSA) is 102 Å². The first-order valence-corrected chi connectivity index (χ1v) is 10.5. The van der Waals surface area contributed by atoms with E-state index in [1.807, 2.05) is 30.3 Å². The molecule has 1 aliphatic rings. The molecule has 0 N–H and O–H groups in total. The zero-order valence-corrected chi connectivity index (χ0v) is 17.5. The highest BCUT2D eigenvalue weighted by Crippen LogP contribution is 2.30. The Hall–Kier alpha value is -3.26. The molecule has 0 atom stereocenters. The Balaban J connectivity index is 1.65. The summed E-state index contributed by atoms with van der Waals surface area (Å²) >= 11 is 5.92. The third kappa shape index (κ3) is 4.74. The van der Waals surface area contributed by atoms with Crippen LogP contribution in [-0.2, 0) is 6.54 Å². The van der Waals surface area contributed by atoms with Gasteiger partial charge in [-0.05, 0) is 25.0 Å². The summed E-state index contributed by atoms with van der Waals surface area (Å²) in [7, 11) is 0. The number of rotatable bonds is 6. The third-order valence-corrected chi connectivity index (χ3v) is 5.70. The van der Waals surface area contributed by atoms with Gasteiger partial charge in [0.2, 0.25) is 11.7 Å². The molecule has 0 bridgehead atoms. The molecule has 160 valence electrons. The van der Waals surface area contributed by atoms with Gasteiger partial charge < -0.3 is 9.42 Å². The quantitative estimate of drug-likeness (QED) is 0.382. The van der Waals surface area contributed by atoms with Crippen LogP contribution in [0, 0.1) is 10.1 Å². The van der Waals surface area contributed by atoms with Gasteiger partial charge in [0.1, 0.15) is 12.1 Å². The maximum absolute atomic E-state index is 13.5. The fraction of sp³-hybridized carbons (Fsp3) is 0.318. The molecule has 4 rings (SSSR count). The highest BCUT2D eigenvalue weighted by Gasteiger charge is 2.32. The van der Waals surface area contributed by atoms with E-state index in [2.05, 4.69) is 10.1 Å². The molecule has 1 fully saturated rings. The Labute approximate surface area is 184 Å². The molecule has 1 aliphatic carbocycles. The van der Waals surface area contributed by atoms with Gasteiger partial charge in [0.05, 0.1) is 4.92 Å². The number of carbonyl (C=O) groups excluding carboxylic acids is 1. The van der Waals surface area contributed by atoms with Gasteiger partial charge in [-0.2, -0.15) is 4.98 Å². The Morgan fingerprint density at radius 1 is 1.16 bits per heavy atom. The number of halogens is 1. The second-order valence-corrected chi connectivity index (χ2v) is 7.96. The summed E-state index contributed by atoms with van der Waals surface area (Å²) in [5.41, 5.74) is 0.498. The van der Waals surface area contributed by atoms with E-state index in [4.69, 9.17) is 16.1 Å². The highest BCUT2D eigenvalue weighted by atomic mass is 35.5. The molecule has 0 aliphatic heterocycles. The standard InChI is InChI=1S/C22H21ClN4O4/c23-16-11-12-18(19(13-16)27(29)30)22(28)26(17-9-5-2-6-10-17)14-20-24-21(25-31-20)15-7-3-1-4-8-15/h1,3-4,7-8,11-13,17H,2,5-6,9-10,14H2. The number of hydrogen-bond donors (Lipinski definition) is 0. The van der Waals surface area contributed by atoms with Crippen LogP contribution in [-0.4, -0.2) is 31.9 Å². The minimum Gasteiger partial charge on any atom is -0.337 e. The van der Waals surface area contributed by atoms with E-state index >= 15 is 0 Å². The largest absolute Gasteiger partial charge is 0.337 e. The number of nitro benzene ring substituents is 1. The van der Waals surface area contributed by atoms with E-state index in [9.17, 15) is 14.9 Å². The van der Waals surface area contributed by atoms with Crippen LogP contribution < -0.4 is 0 Å². The van der Waals surface area contributed by atoms with Crippen LogP contribution in [0.15, 0.2) is 53.1 Å². The summed E-state index contributed by atoms with van der Waals surface area (Å²) in [6.07, 6.45) is 4.75. The molecular formula is C22H21ClN4O4. The van der Waals surface area contributed by atoms with Gasteiger partial charge in [-0.1, -0.05) is 66.4 Å². The summed E-state index contributed by atoms with van der Waals surface area (Å²) < 4.78 is 5.41. The number of nitrogens with zero attached hydrogens (tertiary/aromatic N) is 4. The molecule has 0 radical (unpaired) electrons. The molecule has 31 heavy (non-hydrogen) atoms. The Morgan fingerprint density at radius 2 is 1.90 bits per heavy atom. The summed E-state index contributed by atoms with van der Waals surface area (Å²) in [5, 5.41) is 15.8. The van der Waals surface area contributed by atoms with Gasteiger partial charge in [-0.15, -0.1) is 0 Å². The predicted molar refractivity (Wildman–Crippen MR) is 115 cm³/mol. The highest BCUT2D eigenvalue weighted by molar-refractivity contribution is 6.31. The van der Waals surface area contributed by atoms with Gasteiger partial charge in [-0.3, -0.25) is 14.9 Å². The maximum Gasteiger partial charge on any atom is 0.283 e. The molecule has 1 saturated carbocycles. The van der Waals surface area contributed by atoms with Crippen molar-refractivity contribution in [3.05, 3.63) is 75.1 Å². The van der Waals surface area contributed by atoms with Crippen molar-refractivity contribution in [2.24, 2.45) is 0 Å². The fourth-order valence-corrected chi connectivity index (χ4v) is 4.09. The molecule has 0 spiro atoms. The number of amides is 1. The molecule has 1 aromatic heterocycles. The first kappa shape index (κ1) is 21.0. The SMILES string of the molecule is O=C(c1ccc(Cl)cc1[N+](=O)[O-])N(Cc1nc(-c2ccccc2)no1)C1CCCCC1. The average Bonchev–Trinajstić information content (AvgIpc) is 3.27. The third-order valence-electron chi connectivity index (χ3n) is 5.47. The van der Waals surface area contributed by atoms with Gasteiger partial charge >= 0.3 is 0 Å². The first-order chi connectivity index (χ1) is 15.0. The minimum atomic E-state index is -0.585. The van der Waals surface area contributed by atoms with E-state index in [0.717, 1.165) is 37.7 Å². The summed E-state index contributed by atoms with van der Waals surface area (Å²) in [4.78, 5) is 30.5. The molecule has 1 heterocycles. The fourth-order valence-electron chi connectivity index (χ4n) is 3.92. The zero-order valence-electron chi connectivity index (χ0n) is 16.7. The van der Waals surface area contributed by atoms with Crippen molar-refractivity contribution in [2.75, 3.05) is 0 Å². The molecule has 8 nitrogen and oxygen atoms in total. The van der Waals surface area contributed by atoms with E-state index < -0.39 is 10.8 Å². The van der Waals surface area contributed by atoms with Crippen LogP contribution in [0.3, 0.4) is 0 Å². The second kappa shape index (κ2) is 9.26. The number of nitro groups is 1. The van der Waals surface area contributed by atoms with Crippen molar-refractivity contribution in [1.82, 2.24) is 15.0 Å². The lowest BCUT2D eigenvalue weighted by molar-refractivity contribution is -0.385. The van der Waals surface area contributed by atoms with Crippen molar-refractivity contribution in [2.45, 2.75) is 44.7 Å². The van der Waals surface area contributed by atoms with Crippen LogP contribution in [0.2, 0.25) is 5.02 Å². The number of hydrogen-bond acceptors (Lipinski definition) is 6. The van der Waals surface area contributed by atoms with Crippen molar-refractivity contribution >= 4 is 23.2 Å². The smallest absolute Gasteiger partial charge is 0.283 e. The van der Waals surface area contributed by atoms with Gasteiger partial charge in [0.25, 0.3) is 11.6 Å². The number of carbonyl (C=O) groups is 1. The van der Waals surface area contributed by atoms with Crippen molar-refractivity contribution in [3.63, 3.8) is 0 Å². The lowest BCUT2D eigenvalue weighted by Crippen LogP contribution is -2.41. The van der Waals surface area contributed by atoms with Gasteiger partial charge in [0.15, 0.2) is 0 Å². The normalized spacial score (nSPS) is 14.4. The summed E-state index contributed by atoms with van der Waals surface area (Å²) in [5.74, 6) is 0.285. The van der Waals surface area contributed by atoms with Crippen LogP contribution in [0.25, 0.3) is 11.4 Å². The van der Waals surface area contributed by atoms with E-state index in [0.29, 0.717) is 5.82 Å². The van der Waals surface area contributed by atoms with Crippen molar-refractivity contribution in [3.8, 4) is 11.4 Å². The Morgan fingerprint density at radius 3 is 2.61 bits per heavy atom. The summed E-state index contributed by atoms with van der Waals surface area (Å²) in [6.45, 7) is 0.0864. The van der Waals surface area contributed by atoms with Crippen LogP contribution in [0.1, 0.15) is 48.4 Å². The predicted octanol–water partition coefficient (Wildman–Crippen LogP) is 5.27. The average molecular weight is 441 g/mol. The molecular weight excluding hydrogens is 420 g/mol. The molecule has 3 aromatic rings. The Bertz CT molecular complexity index is 1080. The number of benzene rings is 2. The van der Waals surface area contributed by atoms with E-state index in [1.54, 1.807) is 4.90 Å². The molecule has 0 unspecified atom stereocenters. The van der Waals surface area contributed by atoms with Crippen molar-refractivity contribution < 1.29 is 14.2 Å². The van der Waals surface area contributed by atoms with E-state index in [1.165, 1.54) is 18.2 Å². The summed E-state index contributed by atoms with van der Waals surface area (Å²) in [6, 6.07) is 13.4. The second-order valence-electron chi connectivity index (χ2n) is 7.52. The maximum atomic E-state index is 13.5. The lowest BCUT2D eigenvalue weighted by Gasteiger charge is -2.33. The lowest BCUT2D eigenvalue weighted by atomic mass is 9.93. The van der Waals surface area contributed by atoms with Crippen LogP contribution >= 0.6 is 11.6 Å². The van der Waals surface area contributed by atoms with Crippen LogP contribution in [0.4, 0.5) is 5.69 Å². The monoisotopic (exact) mass is 440 g/mol. The molecule has 9 heteroatoms. The molecule has 2 aromatic carbocycles. The zero-order chi connectivity index (χ0) is 21.8. The minimum absolute atomic E-state index is 0.00257. The molecule has 1 amide bonds. The van der Waals surface area contributed by atoms with Crippen molar-refractivity contribution in [1.29, 1.82) is 0 Å². The number of aromatic nitrogens is 2.